The Morgan fingerprint density at radius 3 is 2.57 bits per heavy atom. The fourth-order valence-corrected chi connectivity index (χ4v) is 2.36. The van der Waals surface area contributed by atoms with Gasteiger partial charge in [-0.25, -0.2) is 0 Å². The molecular weight excluding hydrogens is 266 g/mol. The van der Waals surface area contributed by atoms with Crippen LogP contribution in [0.5, 0.6) is 0 Å². The molecule has 0 bridgehead atoms. The Kier molecular flexibility index (Phi) is 4.96. The normalized spacial score (nSPS) is 11.6. The molecule has 1 aromatic heterocycles. The Bertz CT molecular complexity index is 555. The fourth-order valence-electron chi connectivity index (χ4n) is 2.36. The average Bonchev–Trinajstić information content (AvgIpc) is 3.04. The van der Waals surface area contributed by atoms with Crippen molar-refractivity contribution in [2.75, 3.05) is 18.5 Å². The summed E-state index contributed by atoms with van der Waals surface area (Å²) in [5.41, 5.74) is 3.04. The van der Waals surface area contributed by atoms with E-state index in [4.69, 9.17) is 4.42 Å². The van der Waals surface area contributed by atoms with Gasteiger partial charge in [0.1, 0.15) is 0 Å². The minimum absolute atomic E-state index is 0.0579. The molecule has 5 heteroatoms. The zero-order chi connectivity index (χ0) is 15.3. The number of hydrogen-bond acceptors (Lipinski definition) is 5. The third-order valence-electron chi connectivity index (χ3n) is 4.32. The van der Waals surface area contributed by atoms with Crippen molar-refractivity contribution in [1.29, 1.82) is 0 Å². The monoisotopic (exact) mass is 289 g/mol. The highest BCUT2D eigenvalue weighted by atomic mass is 16.4. The molecule has 0 aliphatic rings. The van der Waals surface area contributed by atoms with Crippen LogP contribution in [0.25, 0.3) is 11.5 Å². The van der Waals surface area contributed by atoms with E-state index in [1.165, 1.54) is 6.39 Å². The van der Waals surface area contributed by atoms with Gasteiger partial charge in [-0.1, -0.05) is 13.8 Å². The molecule has 1 heterocycles. The van der Waals surface area contributed by atoms with E-state index in [0.29, 0.717) is 5.89 Å². The summed E-state index contributed by atoms with van der Waals surface area (Å²) in [4.78, 5) is 0. The van der Waals surface area contributed by atoms with Crippen molar-refractivity contribution >= 4 is 5.69 Å². The van der Waals surface area contributed by atoms with E-state index < -0.39 is 0 Å². The number of benzene rings is 1. The van der Waals surface area contributed by atoms with Crippen molar-refractivity contribution in [3.05, 3.63) is 30.2 Å². The molecule has 0 unspecified atom stereocenters. The standard InChI is InChI=1S/C16H23N3O2/c1-4-16(5-2,10-20)9-17-14-7-6-13(8-12(14)3)15-19-18-11-21-15/h6-8,11,17,20H,4-5,9-10H2,1-3H3. The largest absolute Gasteiger partial charge is 0.423 e. The van der Waals surface area contributed by atoms with E-state index in [-0.39, 0.29) is 12.0 Å². The lowest BCUT2D eigenvalue weighted by atomic mass is 9.83. The second-order valence-corrected chi connectivity index (χ2v) is 5.49. The predicted molar refractivity (Wildman–Crippen MR) is 83.1 cm³/mol. The van der Waals surface area contributed by atoms with Crippen molar-refractivity contribution in [1.82, 2.24) is 10.2 Å². The zero-order valence-electron chi connectivity index (χ0n) is 12.9. The fraction of sp³-hybridized carbons (Fsp3) is 0.500. The Morgan fingerprint density at radius 2 is 2.05 bits per heavy atom. The summed E-state index contributed by atoms with van der Waals surface area (Å²) in [7, 11) is 0. The number of anilines is 1. The van der Waals surface area contributed by atoms with Crippen LogP contribution in [0.4, 0.5) is 5.69 Å². The molecule has 0 atom stereocenters. The van der Waals surface area contributed by atoms with Gasteiger partial charge in [0.15, 0.2) is 0 Å². The molecule has 21 heavy (non-hydrogen) atoms. The molecule has 2 N–H and O–H groups in total. The Morgan fingerprint density at radius 1 is 1.29 bits per heavy atom. The van der Waals surface area contributed by atoms with Crippen LogP contribution in [0.1, 0.15) is 32.3 Å². The first kappa shape index (κ1) is 15.5. The molecule has 2 aromatic rings. The number of nitrogens with one attached hydrogen (secondary N) is 1. The van der Waals surface area contributed by atoms with Crippen LogP contribution < -0.4 is 5.32 Å². The molecule has 0 radical (unpaired) electrons. The van der Waals surface area contributed by atoms with E-state index in [2.05, 4.69) is 29.4 Å². The molecule has 5 nitrogen and oxygen atoms in total. The van der Waals surface area contributed by atoms with E-state index >= 15 is 0 Å². The lowest BCUT2D eigenvalue weighted by Crippen LogP contribution is -2.32. The number of hydrogen-bond donors (Lipinski definition) is 2. The quantitative estimate of drug-likeness (QED) is 0.818. The van der Waals surface area contributed by atoms with Gasteiger partial charge >= 0.3 is 0 Å². The number of aliphatic hydroxyl groups excluding tert-OH is 1. The van der Waals surface area contributed by atoms with Crippen LogP contribution in [-0.4, -0.2) is 28.5 Å². The first-order valence-electron chi connectivity index (χ1n) is 7.36. The predicted octanol–water partition coefficient (Wildman–Crippen LogP) is 3.26. The van der Waals surface area contributed by atoms with Crippen LogP contribution >= 0.6 is 0 Å². The maximum atomic E-state index is 9.63. The third-order valence-corrected chi connectivity index (χ3v) is 4.32. The van der Waals surface area contributed by atoms with Crippen molar-refractivity contribution in [2.24, 2.45) is 5.41 Å². The molecule has 2 rings (SSSR count). The Balaban J connectivity index is 2.11. The van der Waals surface area contributed by atoms with Gasteiger partial charge in [-0.05, 0) is 43.5 Å². The topological polar surface area (TPSA) is 71.2 Å². The Labute approximate surface area is 125 Å². The number of aryl methyl sites for hydroxylation is 1. The van der Waals surface area contributed by atoms with Crippen LogP contribution in [-0.2, 0) is 0 Å². The lowest BCUT2D eigenvalue weighted by Gasteiger charge is -2.30. The SMILES string of the molecule is CCC(CC)(CO)CNc1ccc(-c2nnco2)cc1C. The summed E-state index contributed by atoms with van der Waals surface area (Å²) in [6, 6.07) is 6.00. The molecule has 0 spiro atoms. The van der Waals surface area contributed by atoms with Crippen LogP contribution in [0.15, 0.2) is 29.0 Å². The van der Waals surface area contributed by atoms with Gasteiger partial charge < -0.3 is 14.8 Å². The molecule has 0 fully saturated rings. The first-order chi connectivity index (χ1) is 10.1. The summed E-state index contributed by atoms with van der Waals surface area (Å²) in [6.45, 7) is 7.24. The minimum atomic E-state index is -0.0579. The van der Waals surface area contributed by atoms with E-state index in [1.807, 2.05) is 25.1 Å². The maximum absolute atomic E-state index is 9.63. The minimum Gasteiger partial charge on any atom is -0.423 e. The molecule has 0 saturated heterocycles. The van der Waals surface area contributed by atoms with E-state index in [0.717, 1.165) is 36.2 Å². The highest BCUT2D eigenvalue weighted by molar-refractivity contribution is 5.62. The number of rotatable bonds is 7. The van der Waals surface area contributed by atoms with Crippen molar-refractivity contribution in [3.8, 4) is 11.5 Å². The molecule has 1 aromatic carbocycles. The molecule has 0 aliphatic carbocycles. The maximum Gasteiger partial charge on any atom is 0.247 e. The highest BCUT2D eigenvalue weighted by Crippen LogP contribution is 2.28. The van der Waals surface area contributed by atoms with Gasteiger partial charge in [-0.15, -0.1) is 10.2 Å². The van der Waals surface area contributed by atoms with Crippen LogP contribution in [0, 0.1) is 12.3 Å². The first-order valence-corrected chi connectivity index (χ1v) is 7.36. The molecule has 0 saturated carbocycles. The average molecular weight is 289 g/mol. The number of nitrogens with zero attached hydrogens (tertiary/aromatic N) is 2. The number of aliphatic hydroxyl groups is 1. The summed E-state index contributed by atoms with van der Waals surface area (Å²) in [6.07, 6.45) is 3.23. The van der Waals surface area contributed by atoms with Crippen LogP contribution in [0.3, 0.4) is 0 Å². The summed E-state index contributed by atoms with van der Waals surface area (Å²) in [5.74, 6) is 0.525. The number of aromatic nitrogens is 2. The van der Waals surface area contributed by atoms with Gasteiger partial charge in [-0.3, -0.25) is 0 Å². The smallest absolute Gasteiger partial charge is 0.247 e. The second kappa shape index (κ2) is 6.72. The zero-order valence-corrected chi connectivity index (χ0v) is 12.9. The van der Waals surface area contributed by atoms with Gasteiger partial charge in [0.25, 0.3) is 0 Å². The van der Waals surface area contributed by atoms with Gasteiger partial charge in [0.05, 0.1) is 6.61 Å². The Hall–Kier alpha value is -1.88. The summed E-state index contributed by atoms with van der Waals surface area (Å²) in [5, 5.41) is 20.7. The van der Waals surface area contributed by atoms with Gasteiger partial charge in [0.2, 0.25) is 12.3 Å². The lowest BCUT2D eigenvalue weighted by molar-refractivity contribution is 0.127. The molecular formula is C16H23N3O2. The van der Waals surface area contributed by atoms with Crippen LogP contribution in [0.2, 0.25) is 0 Å². The van der Waals surface area contributed by atoms with Crippen molar-refractivity contribution < 1.29 is 9.52 Å². The highest BCUT2D eigenvalue weighted by Gasteiger charge is 2.25. The van der Waals surface area contributed by atoms with Crippen molar-refractivity contribution in [2.45, 2.75) is 33.6 Å². The molecule has 0 amide bonds. The van der Waals surface area contributed by atoms with E-state index in [1.54, 1.807) is 0 Å². The van der Waals surface area contributed by atoms with Gasteiger partial charge in [0, 0.05) is 23.2 Å². The van der Waals surface area contributed by atoms with Crippen molar-refractivity contribution in [3.63, 3.8) is 0 Å². The van der Waals surface area contributed by atoms with E-state index in [9.17, 15) is 5.11 Å². The summed E-state index contributed by atoms with van der Waals surface area (Å²) < 4.78 is 5.21. The molecule has 114 valence electrons. The third kappa shape index (κ3) is 3.42. The van der Waals surface area contributed by atoms with Gasteiger partial charge in [-0.2, -0.15) is 0 Å². The molecule has 0 aliphatic heterocycles. The summed E-state index contributed by atoms with van der Waals surface area (Å²) >= 11 is 0. The second-order valence-electron chi connectivity index (χ2n) is 5.49.